The summed E-state index contributed by atoms with van der Waals surface area (Å²) in [4.78, 5) is 40.9. The Morgan fingerprint density at radius 3 is 2.29 bits per heavy atom. The molecule has 0 unspecified atom stereocenters. The molecule has 31 heavy (non-hydrogen) atoms. The molecule has 2 amide bonds. The quantitative estimate of drug-likeness (QED) is 0.634. The topological polar surface area (TPSA) is 78.9 Å². The molecule has 1 aromatic carbocycles. The lowest BCUT2D eigenvalue weighted by Crippen LogP contribution is -2.48. The van der Waals surface area contributed by atoms with Gasteiger partial charge in [0.1, 0.15) is 11.4 Å². The fourth-order valence-electron chi connectivity index (χ4n) is 4.05. The number of methoxy groups -OCH3 is 1. The molecule has 2 aromatic rings. The summed E-state index contributed by atoms with van der Waals surface area (Å²) in [5.41, 5.74) is 1.56. The molecule has 1 saturated heterocycles. The van der Waals surface area contributed by atoms with Crippen molar-refractivity contribution in [1.29, 1.82) is 0 Å². The molecule has 4 rings (SSSR count). The fourth-order valence-corrected chi connectivity index (χ4v) is 4.05. The third-order valence-electron chi connectivity index (χ3n) is 5.69. The number of aromatic nitrogens is 2. The number of carbonyl (C=O) groups is 2. The van der Waals surface area contributed by atoms with Crippen LogP contribution in [0.25, 0.3) is 5.57 Å². The van der Waals surface area contributed by atoms with Gasteiger partial charge in [-0.25, -0.2) is 9.97 Å². The number of carbonyl (C=O) groups excluding carboxylic acids is 2. The van der Waals surface area contributed by atoms with Gasteiger partial charge in [-0.3, -0.25) is 14.5 Å². The second-order valence-corrected chi connectivity index (χ2v) is 7.56. The molecule has 2 aliphatic heterocycles. The van der Waals surface area contributed by atoms with Gasteiger partial charge in [0.05, 0.1) is 12.7 Å². The monoisotopic (exact) mass is 421 g/mol. The Hall–Kier alpha value is -3.42. The van der Waals surface area contributed by atoms with Crippen molar-refractivity contribution < 1.29 is 14.3 Å². The van der Waals surface area contributed by atoms with Crippen molar-refractivity contribution in [2.24, 2.45) is 0 Å². The molecule has 0 radical (unpaired) electrons. The van der Waals surface area contributed by atoms with Crippen molar-refractivity contribution in [1.82, 2.24) is 19.8 Å². The second kappa shape index (κ2) is 9.16. The molecule has 0 bridgehead atoms. The molecule has 162 valence electrons. The summed E-state index contributed by atoms with van der Waals surface area (Å²) in [5, 5.41) is 0. The normalized spacial score (nSPS) is 17.0. The third kappa shape index (κ3) is 3.97. The number of nitrogens with zero attached hydrogens (tertiary/aromatic N) is 5. The first kappa shape index (κ1) is 20.8. The Morgan fingerprint density at radius 1 is 0.935 bits per heavy atom. The highest BCUT2D eigenvalue weighted by molar-refractivity contribution is 6.36. The van der Waals surface area contributed by atoms with Gasteiger partial charge in [-0.2, -0.15) is 0 Å². The van der Waals surface area contributed by atoms with Crippen LogP contribution >= 0.6 is 0 Å². The van der Waals surface area contributed by atoms with Gasteiger partial charge in [-0.05, 0) is 18.6 Å². The molecule has 0 saturated carbocycles. The highest BCUT2D eigenvalue weighted by Gasteiger charge is 2.42. The number of unbranched alkanes of at least 4 members (excludes halogenated alkanes) is 1. The van der Waals surface area contributed by atoms with Crippen molar-refractivity contribution in [2.75, 3.05) is 44.7 Å². The number of amides is 2. The Balaban J connectivity index is 1.67. The molecule has 8 heteroatoms. The van der Waals surface area contributed by atoms with E-state index in [0.717, 1.165) is 12.8 Å². The van der Waals surface area contributed by atoms with Crippen LogP contribution in [0.3, 0.4) is 0 Å². The van der Waals surface area contributed by atoms with E-state index in [1.165, 1.54) is 4.90 Å². The SMILES string of the molecule is CCCCN1C(=O)C(c2ccccc2OC)=C(N2CCN(c3ncccn3)CC2)C1=O. The third-order valence-corrected chi connectivity index (χ3v) is 5.69. The average Bonchev–Trinajstić information content (AvgIpc) is 3.07. The standard InChI is InChI=1S/C23H27N5O3/c1-3-4-12-28-21(29)19(17-8-5-6-9-18(17)31-2)20(22(28)30)26-13-15-27(16-14-26)23-24-10-7-11-25-23/h5-11H,3-4,12-16H2,1-2H3. The van der Waals surface area contributed by atoms with Gasteiger partial charge >= 0.3 is 0 Å². The minimum absolute atomic E-state index is 0.219. The van der Waals surface area contributed by atoms with Gasteiger partial charge in [-0.1, -0.05) is 31.5 Å². The van der Waals surface area contributed by atoms with Crippen LogP contribution in [0.2, 0.25) is 0 Å². The van der Waals surface area contributed by atoms with Gasteiger partial charge in [0.2, 0.25) is 5.95 Å². The van der Waals surface area contributed by atoms with Gasteiger partial charge in [0, 0.05) is 50.7 Å². The molecule has 0 N–H and O–H groups in total. The average molecular weight is 422 g/mol. The molecule has 2 aliphatic rings. The van der Waals surface area contributed by atoms with Crippen LogP contribution in [-0.4, -0.2) is 71.4 Å². The van der Waals surface area contributed by atoms with E-state index in [1.54, 1.807) is 25.6 Å². The van der Waals surface area contributed by atoms with E-state index in [4.69, 9.17) is 4.74 Å². The van der Waals surface area contributed by atoms with Crippen molar-refractivity contribution in [3.8, 4) is 5.75 Å². The van der Waals surface area contributed by atoms with Gasteiger partial charge < -0.3 is 14.5 Å². The fraction of sp³-hybridized carbons (Fsp3) is 0.391. The number of piperazine rings is 1. The number of rotatable bonds is 7. The minimum Gasteiger partial charge on any atom is -0.496 e. The van der Waals surface area contributed by atoms with Crippen molar-refractivity contribution in [2.45, 2.75) is 19.8 Å². The Kier molecular flexibility index (Phi) is 6.16. The number of ether oxygens (including phenoxy) is 1. The maximum atomic E-state index is 13.4. The second-order valence-electron chi connectivity index (χ2n) is 7.56. The zero-order chi connectivity index (χ0) is 21.8. The van der Waals surface area contributed by atoms with Crippen LogP contribution in [0.15, 0.2) is 48.4 Å². The van der Waals surface area contributed by atoms with Gasteiger partial charge in [0.15, 0.2) is 0 Å². The first-order chi connectivity index (χ1) is 15.2. The van der Waals surface area contributed by atoms with Crippen molar-refractivity contribution in [3.05, 3.63) is 54.0 Å². The van der Waals surface area contributed by atoms with E-state index in [2.05, 4.69) is 14.9 Å². The molecule has 8 nitrogen and oxygen atoms in total. The zero-order valence-corrected chi connectivity index (χ0v) is 18.0. The van der Waals surface area contributed by atoms with E-state index < -0.39 is 0 Å². The smallest absolute Gasteiger partial charge is 0.277 e. The minimum atomic E-state index is -0.244. The summed E-state index contributed by atoms with van der Waals surface area (Å²) in [6.45, 7) is 5.02. The molecule has 3 heterocycles. The van der Waals surface area contributed by atoms with Crippen LogP contribution < -0.4 is 9.64 Å². The molecule has 0 aliphatic carbocycles. The summed E-state index contributed by atoms with van der Waals surface area (Å²) < 4.78 is 5.51. The lowest BCUT2D eigenvalue weighted by molar-refractivity contribution is -0.137. The number of anilines is 1. The molecule has 1 fully saturated rings. The van der Waals surface area contributed by atoms with Gasteiger partial charge in [-0.15, -0.1) is 0 Å². The summed E-state index contributed by atoms with van der Waals surface area (Å²) in [6.07, 6.45) is 5.14. The predicted molar refractivity (Wildman–Crippen MR) is 117 cm³/mol. The highest BCUT2D eigenvalue weighted by atomic mass is 16.5. The number of para-hydroxylation sites is 1. The van der Waals surface area contributed by atoms with E-state index in [-0.39, 0.29) is 11.8 Å². The van der Waals surface area contributed by atoms with E-state index in [9.17, 15) is 9.59 Å². The van der Waals surface area contributed by atoms with Crippen LogP contribution in [-0.2, 0) is 9.59 Å². The van der Waals surface area contributed by atoms with E-state index in [0.29, 0.717) is 61.3 Å². The molecule has 1 aromatic heterocycles. The summed E-state index contributed by atoms with van der Waals surface area (Å²) in [7, 11) is 1.58. The zero-order valence-electron chi connectivity index (χ0n) is 18.0. The van der Waals surface area contributed by atoms with Crippen LogP contribution in [0, 0.1) is 0 Å². The first-order valence-electron chi connectivity index (χ1n) is 10.7. The first-order valence-corrected chi connectivity index (χ1v) is 10.7. The van der Waals surface area contributed by atoms with Crippen molar-refractivity contribution in [3.63, 3.8) is 0 Å². The van der Waals surface area contributed by atoms with Crippen molar-refractivity contribution >= 4 is 23.3 Å². The molecule has 0 spiro atoms. The number of hydrogen-bond acceptors (Lipinski definition) is 7. The summed E-state index contributed by atoms with van der Waals surface area (Å²) in [6, 6.07) is 9.17. The van der Waals surface area contributed by atoms with E-state index >= 15 is 0 Å². The maximum Gasteiger partial charge on any atom is 0.277 e. The molecular formula is C23H27N5O3. The number of imide groups is 1. The van der Waals surface area contributed by atoms with Crippen LogP contribution in [0.5, 0.6) is 5.75 Å². The van der Waals surface area contributed by atoms with Crippen LogP contribution in [0.4, 0.5) is 5.95 Å². The molecule has 0 atom stereocenters. The Bertz CT molecular complexity index is 984. The van der Waals surface area contributed by atoms with E-state index in [1.807, 2.05) is 36.1 Å². The lowest BCUT2D eigenvalue weighted by atomic mass is 10.0. The Morgan fingerprint density at radius 2 is 1.61 bits per heavy atom. The lowest BCUT2D eigenvalue weighted by Gasteiger charge is -2.36. The highest BCUT2D eigenvalue weighted by Crippen LogP contribution is 2.36. The number of hydrogen-bond donors (Lipinski definition) is 0. The Labute approximate surface area is 182 Å². The summed E-state index contributed by atoms with van der Waals surface area (Å²) >= 11 is 0. The predicted octanol–water partition coefficient (Wildman–Crippen LogP) is 2.19. The summed E-state index contributed by atoms with van der Waals surface area (Å²) in [5.74, 6) is 0.805. The molecular weight excluding hydrogens is 394 g/mol. The number of benzene rings is 1. The maximum absolute atomic E-state index is 13.4. The van der Waals surface area contributed by atoms with Crippen LogP contribution in [0.1, 0.15) is 25.3 Å². The largest absolute Gasteiger partial charge is 0.496 e. The van der Waals surface area contributed by atoms with Gasteiger partial charge in [0.25, 0.3) is 11.8 Å².